The minimum Gasteiger partial charge on any atom is -0.368 e. The number of aryl methyl sites for hydroxylation is 1. The average Bonchev–Trinajstić information content (AvgIpc) is 2.40. The quantitative estimate of drug-likeness (QED) is 0.900. The van der Waals surface area contributed by atoms with E-state index in [1.807, 2.05) is 17.0 Å². The molecule has 1 N–H and O–H groups in total. The highest BCUT2D eigenvalue weighted by molar-refractivity contribution is 6.30. The molecule has 0 spiro atoms. The third-order valence-electron chi connectivity index (χ3n) is 4.23. The van der Waals surface area contributed by atoms with Crippen LogP contribution >= 0.6 is 24.0 Å². The van der Waals surface area contributed by atoms with E-state index in [-0.39, 0.29) is 18.3 Å². The molecule has 6 heteroatoms. The first-order valence-corrected chi connectivity index (χ1v) is 7.53. The second kappa shape index (κ2) is 6.86. The molecule has 0 saturated carbocycles. The van der Waals surface area contributed by atoms with Crippen LogP contribution in [-0.2, 0) is 4.79 Å². The summed E-state index contributed by atoms with van der Waals surface area (Å²) in [5, 5.41) is 3.93. The Kier molecular flexibility index (Phi) is 5.36. The topological polar surface area (TPSA) is 35.6 Å². The zero-order chi connectivity index (χ0) is 14.1. The first-order chi connectivity index (χ1) is 9.65. The predicted molar refractivity (Wildman–Crippen MR) is 88.6 cm³/mol. The summed E-state index contributed by atoms with van der Waals surface area (Å²) in [6.45, 7) is 7.16. The van der Waals surface area contributed by atoms with Crippen LogP contribution in [-0.4, -0.2) is 50.1 Å². The van der Waals surface area contributed by atoms with Gasteiger partial charge in [0, 0.05) is 50.0 Å². The van der Waals surface area contributed by atoms with Gasteiger partial charge >= 0.3 is 0 Å². The lowest BCUT2D eigenvalue weighted by molar-refractivity contribution is -0.137. The van der Waals surface area contributed by atoms with Gasteiger partial charge in [-0.05, 0) is 24.6 Å². The summed E-state index contributed by atoms with van der Waals surface area (Å²) in [6.07, 6.45) is 0. The molecule has 0 aliphatic carbocycles. The number of halogens is 2. The van der Waals surface area contributed by atoms with Gasteiger partial charge in [-0.25, -0.2) is 0 Å². The van der Waals surface area contributed by atoms with E-state index < -0.39 is 0 Å². The molecule has 1 aromatic carbocycles. The van der Waals surface area contributed by atoms with E-state index in [9.17, 15) is 4.79 Å². The second-order valence-corrected chi connectivity index (χ2v) is 6.03. The van der Waals surface area contributed by atoms with Crippen molar-refractivity contribution < 1.29 is 4.79 Å². The number of nitrogens with one attached hydrogen (secondary N) is 1. The Morgan fingerprint density at radius 3 is 2.48 bits per heavy atom. The minimum absolute atomic E-state index is 0. The van der Waals surface area contributed by atoms with Crippen LogP contribution in [0.3, 0.4) is 0 Å². The van der Waals surface area contributed by atoms with Crippen LogP contribution in [0.25, 0.3) is 0 Å². The van der Waals surface area contributed by atoms with Gasteiger partial charge in [0.1, 0.15) is 0 Å². The Hall–Kier alpha value is -0.970. The SMILES string of the molecule is Cc1ccc(Cl)cc1N1CCN(C(=O)C2CNC2)CC1.Cl. The number of nitrogens with zero attached hydrogens (tertiary/aromatic N) is 2. The molecule has 0 aromatic heterocycles. The van der Waals surface area contributed by atoms with Gasteiger partial charge in [0.2, 0.25) is 5.91 Å². The summed E-state index contributed by atoms with van der Waals surface area (Å²) >= 11 is 6.08. The Bertz CT molecular complexity index is 512. The van der Waals surface area contributed by atoms with Crippen molar-refractivity contribution in [2.24, 2.45) is 5.92 Å². The molecule has 2 heterocycles. The van der Waals surface area contributed by atoms with Gasteiger partial charge in [0.25, 0.3) is 0 Å². The van der Waals surface area contributed by atoms with E-state index in [1.165, 1.54) is 11.3 Å². The minimum atomic E-state index is 0. The maximum Gasteiger partial charge on any atom is 0.228 e. The summed E-state index contributed by atoms with van der Waals surface area (Å²) in [6, 6.07) is 5.99. The van der Waals surface area contributed by atoms with Gasteiger partial charge in [-0.3, -0.25) is 4.79 Å². The molecule has 2 saturated heterocycles. The summed E-state index contributed by atoms with van der Waals surface area (Å²) in [5.41, 5.74) is 2.42. The van der Waals surface area contributed by atoms with Gasteiger partial charge in [-0.15, -0.1) is 12.4 Å². The maximum absolute atomic E-state index is 12.2. The van der Waals surface area contributed by atoms with Crippen molar-refractivity contribution in [2.45, 2.75) is 6.92 Å². The molecule has 21 heavy (non-hydrogen) atoms. The van der Waals surface area contributed by atoms with E-state index in [1.54, 1.807) is 0 Å². The normalized spacial score (nSPS) is 19.0. The molecular weight excluding hydrogens is 309 g/mol. The zero-order valence-electron chi connectivity index (χ0n) is 12.1. The molecule has 2 aliphatic rings. The van der Waals surface area contributed by atoms with Gasteiger partial charge < -0.3 is 15.1 Å². The van der Waals surface area contributed by atoms with Crippen LogP contribution in [0, 0.1) is 12.8 Å². The van der Waals surface area contributed by atoms with Crippen LogP contribution in [0.5, 0.6) is 0 Å². The molecule has 0 unspecified atom stereocenters. The Morgan fingerprint density at radius 1 is 1.24 bits per heavy atom. The fourth-order valence-electron chi connectivity index (χ4n) is 2.81. The summed E-state index contributed by atoms with van der Waals surface area (Å²) in [5.74, 6) is 0.515. The number of carbonyl (C=O) groups excluding carboxylic acids is 1. The van der Waals surface area contributed by atoms with Gasteiger partial charge in [-0.1, -0.05) is 17.7 Å². The van der Waals surface area contributed by atoms with Crippen LogP contribution in [0.15, 0.2) is 18.2 Å². The second-order valence-electron chi connectivity index (χ2n) is 5.60. The highest BCUT2D eigenvalue weighted by Gasteiger charge is 2.31. The lowest BCUT2D eigenvalue weighted by Gasteiger charge is -2.39. The lowest BCUT2D eigenvalue weighted by Crippen LogP contribution is -2.56. The zero-order valence-corrected chi connectivity index (χ0v) is 13.7. The number of hydrogen-bond acceptors (Lipinski definition) is 3. The van der Waals surface area contributed by atoms with Crippen molar-refractivity contribution in [1.29, 1.82) is 0 Å². The molecular formula is C15H21Cl2N3O. The van der Waals surface area contributed by atoms with E-state index in [0.717, 1.165) is 44.3 Å². The van der Waals surface area contributed by atoms with Gasteiger partial charge in [0.15, 0.2) is 0 Å². The molecule has 2 fully saturated rings. The summed E-state index contributed by atoms with van der Waals surface area (Å²) in [4.78, 5) is 16.5. The van der Waals surface area contributed by atoms with E-state index in [2.05, 4.69) is 23.2 Å². The first-order valence-electron chi connectivity index (χ1n) is 7.16. The fourth-order valence-corrected chi connectivity index (χ4v) is 2.98. The Morgan fingerprint density at radius 2 is 1.90 bits per heavy atom. The number of hydrogen-bond donors (Lipinski definition) is 1. The number of rotatable bonds is 2. The standard InChI is InChI=1S/C15H20ClN3O.ClH/c1-11-2-3-13(16)8-14(11)18-4-6-19(7-5-18)15(20)12-9-17-10-12;/h2-3,8,12,17H,4-7,9-10H2,1H3;1H. The Balaban J connectivity index is 0.00000161. The third-order valence-corrected chi connectivity index (χ3v) is 4.47. The number of carbonyl (C=O) groups is 1. The van der Waals surface area contributed by atoms with Crippen LogP contribution in [0.1, 0.15) is 5.56 Å². The molecule has 2 aliphatic heterocycles. The van der Waals surface area contributed by atoms with Crippen LogP contribution in [0.4, 0.5) is 5.69 Å². The highest BCUT2D eigenvalue weighted by atomic mass is 35.5. The van der Waals surface area contributed by atoms with E-state index in [4.69, 9.17) is 11.6 Å². The van der Waals surface area contributed by atoms with Crippen molar-refractivity contribution in [3.63, 3.8) is 0 Å². The number of piperazine rings is 1. The molecule has 3 rings (SSSR count). The van der Waals surface area contributed by atoms with Crippen LogP contribution in [0.2, 0.25) is 5.02 Å². The Labute approximate surface area is 136 Å². The third kappa shape index (κ3) is 3.44. The van der Waals surface area contributed by atoms with Crippen molar-refractivity contribution in [3.8, 4) is 0 Å². The maximum atomic E-state index is 12.2. The smallest absolute Gasteiger partial charge is 0.228 e. The number of amides is 1. The molecule has 0 radical (unpaired) electrons. The number of anilines is 1. The highest BCUT2D eigenvalue weighted by Crippen LogP contribution is 2.25. The van der Waals surface area contributed by atoms with Crippen molar-refractivity contribution in [3.05, 3.63) is 28.8 Å². The first kappa shape index (κ1) is 16.4. The lowest BCUT2D eigenvalue weighted by atomic mass is 10.0. The summed E-state index contributed by atoms with van der Waals surface area (Å²) in [7, 11) is 0. The largest absolute Gasteiger partial charge is 0.368 e. The molecule has 0 atom stereocenters. The monoisotopic (exact) mass is 329 g/mol. The van der Waals surface area contributed by atoms with Gasteiger partial charge in [0.05, 0.1) is 5.92 Å². The molecule has 1 aromatic rings. The summed E-state index contributed by atoms with van der Waals surface area (Å²) < 4.78 is 0. The predicted octanol–water partition coefficient (Wildman–Crippen LogP) is 1.94. The van der Waals surface area contributed by atoms with Crippen molar-refractivity contribution in [2.75, 3.05) is 44.2 Å². The fraction of sp³-hybridized carbons (Fsp3) is 0.533. The van der Waals surface area contributed by atoms with E-state index in [0.29, 0.717) is 5.91 Å². The number of benzene rings is 1. The molecule has 4 nitrogen and oxygen atoms in total. The molecule has 0 bridgehead atoms. The molecule has 116 valence electrons. The van der Waals surface area contributed by atoms with Crippen molar-refractivity contribution >= 4 is 35.6 Å². The van der Waals surface area contributed by atoms with Gasteiger partial charge in [-0.2, -0.15) is 0 Å². The van der Waals surface area contributed by atoms with Crippen LogP contribution < -0.4 is 10.2 Å². The van der Waals surface area contributed by atoms with Crippen molar-refractivity contribution in [1.82, 2.24) is 10.2 Å². The molecule has 1 amide bonds. The van der Waals surface area contributed by atoms with E-state index >= 15 is 0 Å². The average molecular weight is 330 g/mol.